The molecule has 4 nitrogen and oxygen atoms in total. The first-order chi connectivity index (χ1) is 10.0. The van der Waals surface area contributed by atoms with E-state index >= 15 is 0 Å². The molecule has 3 rings (SSSR count). The van der Waals surface area contributed by atoms with Crippen LogP contribution < -0.4 is 0 Å². The zero-order chi connectivity index (χ0) is 15.0. The van der Waals surface area contributed by atoms with Crippen LogP contribution >= 0.6 is 0 Å². The maximum atomic E-state index is 12.9. The number of hydrogen-bond donors (Lipinski definition) is 0. The zero-order valence-corrected chi connectivity index (χ0v) is 12.7. The van der Waals surface area contributed by atoms with Gasteiger partial charge in [-0.2, -0.15) is 0 Å². The molecular formula is C17H21N3O. The van der Waals surface area contributed by atoms with Crippen LogP contribution in [0.15, 0.2) is 24.3 Å². The molecule has 1 aromatic rings. The molecule has 1 atom stereocenters. The third-order valence-corrected chi connectivity index (χ3v) is 4.67. The van der Waals surface area contributed by atoms with Crippen LogP contribution in [-0.2, 0) is 4.79 Å². The Balaban J connectivity index is 1.92. The van der Waals surface area contributed by atoms with Crippen molar-refractivity contribution >= 4 is 11.6 Å². The molecule has 0 radical (unpaired) electrons. The Hall–Kier alpha value is -1.86. The molecule has 2 aliphatic heterocycles. The maximum absolute atomic E-state index is 12.9. The molecule has 2 aliphatic rings. The number of carbonyl (C=O) groups is 1. The van der Waals surface area contributed by atoms with E-state index in [2.05, 4.69) is 23.7 Å². The normalized spacial score (nSPS) is 25.3. The second kappa shape index (κ2) is 5.16. The van der Waals surface area contributed by atoms with Crippen LogP contribution in [0.1, 0.15) is 44.7 Å². The summed E-state index contributed by atoms with van der Waals surface area (Å²) in [7, 11) is 0. The van der Waals surface area contributed by atoms with Crippen LogP contribution in [0.3, 0.4) is 0 Å². The average Bonchev–Trinajstić information content (AvgIpc) is 2.85. The molecule has 0 spiro atoms. The Morgan fingerprint density at radius 1 is 1.24 bits per heavy atom. The second-order valence-corrected chi connectivity index (χ2v) is 6.60. The van der Waals surface area contributed by atoms with E-state index in [0.29, 0.717) is 5.69 Å². The van der Waals surface area contributed by atoms with Gasteiger partial charge in [0.15, 0.2) is 5.69 Å². The predicted molar refractivity (Wildman–Crippen MR) is 81.5 cm³/mol. The number of nitrogens with zero attached hydrogens (tertiary/aromatic N) is 3. The van der Waals surface area contributed by atoms with Crippen molar-refractivity contribution in [2.45, 2.75) is 39.2 Å². The Morgan fingerprint density at radius 2 is 1.95 bits per heavy atom. The molecule has 2 heterocycles. The minimum atomic E-state index is -0.284. The van der Waals surface area contributed by atoms with Crippen molar-refractivity contribution in [2.75, 3.05) is 13.1 Å². The van der Waals surface area contributed by atoms with Gasteiger partial charge in [-0.25, -0.2) is 9.85 Å². The Morgan fingerprint density at radius 3 is 2.62 bits per heavy atom. The van der Waals surface area contributed by atoms with Gasteiger partial charge < -0.3 is 0 Å². The van der Waals surface area contributed by atoms with Crippen LogP contribution in [0.4, 0.5) is 5.69 Å². The topological polar surface area (TPSA) is 27.9 Å². The van der Waals surface area contributed by atoms with Crippen LogP contribution in [0.5, 0.6) is 0 Å². The van der Waals surface area contributed by atoms with Crippen LogP contribution in [-0.4, -0.2) is 29.0 Å². The van der Waals surface area contributed by atoms with E-state index in [-0.39, 0.29) is 17.4 Å². The van der Waals surface area contributed by atoms with Crippen molar-refractivity contribution in [3.63, 3.8) is 0 Å². The van der Waals surface area contributed by atoms with E-state index in [1.54, 1.807) is 0 Å². The summed E-state index contributed by atoms with van der Waals surface area (Å²) in [5.41, 5.74) is 1.50. The quantitative estimate of drug-likeness (QED) is 0.737. The summed E-state index contributed by atoms with van der Waals surface area (Å²) < 4.78 is 0. The number of benzene rings is 1. The van der Waals surface area contributed by atoms with Crippen LogP contribution in [0, 0.1) is 12.0 Å². The molecule has 21 heavy (non-hydrogen) atoms. The molecule has 0 aromatic heterocycles. The van der Waals surface area contributed by atoms with Gasteiger partial charge in [0.25, 0.3) is 0 Å². The van der Waals surface area contributed by atoms with E-state index in [0.717, 1.165) is 37.9 Å². The highest BCUT2D eigenvalue weighted by atomic mass is 16.2. The summed E-state index contributed by atoms with van der Waals surface area (Å²) in [4.78, 5) is 16.3. The lowest BCUT2D eigenvalue weighted by molar-refractivity contribution is -0.154. The van der Waals surface area contributed by atoms with Crippen molar-refractivity contribution in [3.05, 3.63) is 41.2 Å². The highest BCUT2D eigenvalue weighted by Crippen LogP contribution is 2.40. The van der Waals surface area contributed by atoms with E-state index in [1.807, 2.05) is 29.3 Å². The Kier molecular flexibility index (Phi) is 3.46. The van der Waals surface area contributed by atoms with Gasteiger partial charge in [-0.05, 0) is 24.8 Å². The molecule has 2 saturated heterocycles. The molecule has 0 unspecified atom stereocenters. The molecule has 0 saturated carbocycles. The largest absolute Gasteiger partial charge is 0.273 e. The first kappa shape index (κ1) is 14.1. The zero-order valence-electron chi connectivity index (χ0n) is 12.7. The van der Waals surface area contributed by atoms with E-state index in [9.17, 15) is 4.79 Å². The van der Waals surface area contributed by atoms with Gasteiger partial charge in [-0.3, -0.25) is 9.80 Å². The maximum Gasteiger partial charge on any atom is 0.243 e. The number of carbonyl (C=O) groups excluding carboxylic acids is 1. The lowest BCUT2D eigenvalue weighted by atomic mass is 9.86. The van der Waals surface area contributed by atoms with E-state index in [4.69, 9.17) is 6.57 Å². The summed E-state index contributed by atoms with van der Waals surface area (Å²) >= 11 is 0. The molecule has 1 aromatic carbocycles. The van der Waals surface area contributed by atoms with Crippen LogP contribution in [0.2, 0.25) is 0 Å². The van der Waals surface area contributed by atoms with Crippen molar-refractivity contribution in [3.8, 4) is 0 Å². The minimum absolute atomic E-state index is 0.120. The summed E-state index contributed by atoms with van der Waals surface area (Å²) in [5.74, 6) is 0.233. The molecular weight excluding hydrogens is 262 g/mol. The number of hydrazine groups is 1. The van der Waals surface area contributed by atoms with Crippen molar-refractivity contribution < 1.29 is 4.79 Å². The lowest BCUT2D eigenvalue weighted by Crippen LogP contribution is -2.45. The first-order valence-electron chi connectivity index (χ1n) is 7.59. The standard InChI is InChI=1S/C17H21N3O/c1-17(2)10-4-11-19-12-9-15(20(19)16(17)21)13-5-7-14(18-3)8-6-13/h5-8,15H,4,9-12H2,1-2H3/t15-/m1/s1. The van der Waals surface area contributed by atoms with Crippen molar-refractivity contribution in [2.24, 2.45) is 5.41 Å². The smallest absolute Gasteiger partial charge is 0.243 e. The molecule has 4 heteroatoms. The molecule has 2 fully saturated rings. The second-order valence-electron chi connectivity index (χ2n) is 6.60. The first-order valence-corrected chi connectivity index (χ1v) is 7.59. The number of amides is 1. The fourth-order valence-corrected chi connectivity index (χ4v) is 3.39. The summed E-state index contributed by atoms with van der Waals surface area (Å²) in [6.07, 6.45) is 2.99. The van der Waals surface area contributed by atoms with Gasteiger partial charge in [-0.15, -0.1) is 0 Å². The highest BCUT2D eigenvalue weighted by Gasteiger charge is 2.44. The number of rotatable bonds is 1. The van der Waals surface area contributed by atoms with Gasteiger partial charge in [0, 0.05) is 18.5 Å². The van der Waals surface area contributed by atoms with Crippen molar-refractivity contribution in [1.29, 1.82) is 0 Å². The molecule has 0 N–H and O–H groups in total. The van der Waals surface area contributed by atoms with E-state index in [1.165, 1.54) is 0 Å². The highest BCUT2D eigenvalue weighted by molar-refractivity contribution is 5.82. The fraction of sp³-hybridized carbons (Fsp3) is 0.529. The molecule has 110 valence electrons. The number of hydrogen-bond acceptors (Lipinski definition) is 2. The van der Waals surface area contributed by atoms with Gasteiger partial charge in [0.1, 0.15) is 0 Å². The molecule has 0 bridgehead atoms. The van der Waals surface area contributed by atoms with Crippen molar-refractivity contribution in [1.82, 2.24) is 10.0 Å². The summed E-state index contributed by atoms with van der Waals surface area (Å²) in [6.45, 7) is 13.0. The van der Waals surface area contributed by atoms with Gasteiger partial charge >= 0.3 is 0 Å². The summed E-state index contributed by atoms with van der Waals surface area (Å²) in [5, 5.41) is 4.20. The SMILES string of the molecule is [C-]#[N+]c1ccc([C@H]2CCN3CCCC(C)(C)C(=O)N23)cc1. The van der Waals surface area contributed by atoms with Gasteiger partial charge in [0.05, 0.1) is 12.6 Å². The lowest BCUT2D eigenvalue weighted by Gasteiger charge is -2.34. The fourth-order valence-electron chi connectivity index (χ4n) is 3.39. The Labute approximate surface area is 126 Å². The third-order valence-electron chi connectivity index (χ3n) is 4.67. The number of fused-ring (bicyclic) bond motifs is 1. The third kappa shape index (κ3) is 2.43. The van der Waals surface area contributed by atoms with Crippen LogP contribution in [0.25, 0.3) is 4.85 Å². The molecule has 0 aliphatic carbocycles. The van der Waals surface area contributed by atoms with E-state index < -0.39 is 0 Å². The molecule has 1 amide bonds. The monoisotopic (exact) mass is 283 g/mol. The van der Waals surface area contributed by atoms with Gasteiger partial charge in [0.2, 0.25) is 5.91 Å². The minimum Gasteiger partial charge on any atom is -0.273 e. The Bertz CT molecular complexity index is 585. The summed E-state index contributed by atoms with van der Waals surface area (Å²) in [6, 6.07) is 7.80. The predicted octanol–water partition coefficient (Wildman–Crippen LogP) is 3.55. The van der Waals surface area contributed by atoms with Gasteiger partial charge in [-0.1, -0.05) is 38.1 Å². The average molecular weight is 283 g/mol.